The van der Waals surface area contributed by atoms with Crippen LogP contribution in [0.2, 0.25) is 0 Å². The van der Waals surface area contributed by atoms with Crippen molar-refractivity contribution in [2.24, 2.45) is 11.8 Å². The van der Waals surface area contributed by atoms with Gasteiger partial charge in [0.1, 0.15) is 11.3 Å². The van der Waals surface area contributed by atoms with E-state index in [0.717, 1.165) is 23.3 Å². The second kappa shape index (κ2) is 7.46. The number of amides is 1. The lowest BCUT2D eigenvalue weighted by molar-refractivity contribution is -0.150. The highest BCUT2D eigenvalue weighted by molar-refractivity contribution is 5.90. The standard InChI is InChI=1S/C20H29NO4/c1-12-8-9-20(19(23)24,11-14(12)3)21-18(22)15(4)17-7-6-16(25-5)10-13(17)2/h6-7,10,12,14-15H,8-9,11H2,1-5H3,(H,21,22)(H,23,24). The number of benzene rings is 1. The van der Waals surface area contributed by atoms with Gasteiger partial charge in [-0.1, -0.05) is 19.9 Å². The molecule has 0 bridgehead atoms. The largest absolute Gasteiger partial charge is 0.497 e. The Morgan fingerprint density at radius 2 is 2.00 bits per heavy atom. The van der Waals surface area contributed by atoms with Gasteiger partial charge in [0.25, 0.3) is 0 Å². The van der Waals surface area contributed by atoms with Crippen LogP contribution < -0.4 is 10.1 Å². The number of ether oxygens (including phenoxy) is 1. The maximum Gasteiger partial charge on any atom is 0.329 e. The second-order valence-corrected chi connectivity index (χ2v) is 7.52. The summed E-state index contributed by atoms with van der Waals surface area (Å²) < 4.78 is 5.20. The lowest BCUT2D eigenvalue weighted by Crippen LogP contribution is -2.58. The number of aliphatic carboxylic acids is 1. The molecule has 1 aliphatic carbocycles. The monoisotopic (exact) mass is 347 g/mol. The zero-order chi connectivity index (χ0) is 18.8. The highest BCUT2D eigenvalue weighted by Gasteiger charge is 2.45. The molecule has 5 heteroatoms. The first kappa shape index (κ1) is 19.3. The number of methoxy groups -OCH3 is 1. The molecule has 1 amide bonds. The van der Waals surface area contributed by atoms with Gasteiger partial charge in [-0.2, -0.15) is 0 Å². The fourth-order valence-electron chi connectivity index (χ4n) is 3.72. The van der Waals surface area contributed by atoms with Crippen molar-refractivity contribution < 1.29 is 19.4 Å². The highest BCUT2D eigenvalue weighted by atomic mass is 16.5. The fraction of sp³-hybridized carbons (Fsp3) is 0.600. The van der Waals surface area contributed by atoms with Gasteiger partial charge < -0.3 is 15.2 Å². The number of carboxylic acid groups (broad SMARTS) is 1. The van der Waals surface area contributed by atoms with E-state index in [1.165, 1.54) is 0 Å². The summed E-state index contributed by atoms with van der Waals surface area (Å²) in [7, 11) is 1.60. The third kappa shape index (κ3) is 3.97. The Morgan fingerprint density at radius 1 is 1.32 bits per heavy atom. The molecule has 1 aromatic carbocycles. The van der Waals surface area contributed by atoms with Crippen molar-refractivity contribution in [3.05, 3.63) is 29.3 Å². The normalized spacial score (nSPS) is 27.4. The minimum atomic E-state index is -1.16. The molecular weight excluding hydrogens is 318 g/mol. The molecule has 1 aromatic rings. The first-order valence-electron chi connectivity index (χ1n) is 8.90. The van der Waals surface area contributed by atoms with E-state index in [4.69, 9.17) is 4.74 Å². The third-order valence-electron chi connectivity index (χ3n) is 5.78. The van der Waals surface area contributed by atoms with E-state index in [1.807, 2.05) is 32.0 Å². The smallest absolute Gasteiger partial charge is 0.329 e. The summed E-state index contributed by atoms with van der Waals surface area (Å²) in [5.74, 6) is -0.104. The molecule has 1 saturated carbocycles. The third-order valence-corrected chi connectivity index (χ3v) is 5.78. The molecule has 2 rings (SSSR count). The van der Waals surface area contributed by atoms with Gasteiger partial charge in [-0.25, -0.2) is 4.79 Å². The molecule has 4 unspecified atom stereocenters. The maximum absolute atomic E-state index is 12.8. The SMILES string of the molecule is COc1ccc(C(C)C(=O)NC2(C(=O)O)CCC(C)C(C)C2)c(C)c1. The Hall–Kier alpha value is -2.04. The van der Waals surface area contributed by atoms with Crippen molar-refractivity contribution in [2.75, 3.05) is 7.11 Å². The zero-order valence-corrected chi connectivity index (χ0v) is 15.8. The predicted octanol–water partition coefficient (Wildman–Crippen LogP) is 3.50. The summed E-state index contributed by atoms with van der Waals surface area (Å²) in [6.45, 7) is 7.94. The number of aryl methyl sites for hydroxylation is 1. The number of nitrogens with one attached hydrogen (secondary N) is 1. The van der Waals surface area contributed by atoms with E-state index in [-0.39, 0.29) is 11.8 Å². The summed E-state index contributed by atoms with van der Waals surface area (Å²) in [5.41, 5.74) is 0.686. The molecule has 5 nitrogen and oxygen atoms in total. The van der Waals surface area contributed by atoms with Crippen molar-refractivity contribution in [3.63, 3.8) is 0 Å². The fourth-order valence-corrected chi connectivity index (χ4v) is 3.72. The summed E-state index contributed by atoms with van der Waals surface area (Å²) in [4.78, 5) is 24.8. The molecule has 138 valence electrons. The van der Waals surface area contributed by atoms with Crippen LogP contribution in [0.5, 0.6) is 5.75 Å². The molecule has 0 radical (unpaired) electrons. The van der Waals surface area contributed by atoms with Crippen LogP contribution in [0.4, 0.5) is 0 Å². The number of carboxylic acids is 1. The van der Waals surface area contributed by atoms with Crippen LogP contribution in [-0.2, 0) is 9.59 Å². The predicted molar refractivity (Wildman–Crippen MR) is 96.8 cm³/mol. The summed E-state index contributed by atoms with van der Waals surface area (Å²) in [6.07, 6.45) is 1.77. The highest BCUT2D eigenvalue weighted by Crippen LogP contribution is 2.37. The number of carbonyl (C=O) groups excluding carboxylic acids is 1. The first-order chi connectivity index (χ1) is 11.7. The average Bonchev–Trinajstić information content (AvgIpc) is 2.57. The molecule has 4 atom stereocenters. The van der Waals surface area contributed by atoms with E-state index >= 15 is 0 Å². The van der Waals surface area contributed by atoms with Crippen molar-refractivity contribution in [1.29, 1.82) is 0 Å². The lowest BCUT2D eigenvalue weighted by Gasteiger charge is -2.40. The molecular formula is C20H29NO4. The topological polar surface area (TPSA) is 75.6 Å². The maximum atomic E-state index is 12.8. The Morgan fingerprint density at radius 3 is 2.52 bits per heavy atom. The molecule has 1 fully saturated rings. The van der Waals surface area contributed by atoms with Crippen LogP contribution in [-0.4, -0.2) is 29.6 Å². The zero-order valence-electron chi connectivity index (χ0n) is 15.8. The van der Waals surface area contributed by atoms with Crippen LogP contribution in [0, 0.1) is 18.8 Å². The van der Waals surface area contributed by atoms with Gasteiger partial charge in [-0.05, 0) is 68.2 Å². The second-order valence-electron chi connectivity index (χ2n) is 7.52. The van der Waals surface area contributed by atoms with Gasteiger partial charge in [0.05, 0.1) is 13.0 Å². The Kier molecular flexibility index (Phi) is 5.76. The molecule has 0 aliphatic heterocycles. The summed E-state index contributed by atoms with van der Waals surface area (Å²) in [6, 6.07) is 5.58. The Balaban J connectivity index is 2.20. The van der Waals surface area contributed by atoms with Gasteiger partial charge >= 0.3 is 5.97 Å². The van der Waals surface area contributed by atoms with Gasteiger partial charge in [-0.3, -0.25) is 4.79 Å². The minimum Gasteiger partial charge on any atom is -0.497 e. The number of hydrogen-bond acceptors (Lipinski definition) is 3. The molecule has 0 spiro atoms. The van der Waals surface area contributed by atoms with Gasteiger partial charge in [-0.15, -0.1) is 0 Å². The van der Waals surface area contributed by atoms with Crippen molar-refractivity contribution in [3.8, 4) is 5.75 Å². The first-order valence-corrected chi connectivity index (χ1v) is 8.90. The van der Waals surface area contributed by atoms with E-state index < -0.39 is 17.4 Å². The van der Waals surface area contributed by atoms with Crippen LogP contribution in [0.25, 0.3) is 0 Å². The number of carbonyl (C=O) groups is 2. The number of hydrogen-bond donors (Lipinski definition) is 2. The van der Waals surface area contributed by atoms with Crippen LogP contribution >= 0.6 is 0 Å². The van der Waals surface area contributed by atoms with Gasteiger partial charge in [0.15, 0.2) is 0 Å². The molecule has 0 aromatic heterocycles. The summed E-state index contributed by atoms with van der Waals surface area (Å²) >= 11 is 0. The molecule has 0 heterocycles. The van der Waals surface area contributed by atoms with E-state index in [0.29, 0.717) is 18.8 Å². The van der Waals surface area contributed by atoms with Gasteiger partial charge in [0, 0.05) is 0 Å². The van der Waals surface area contributed by atoms with E-state index in [2.05, 4.69) is 19.2 Å². The minimum absolute atomic E-state index is 0.239. The van der Waals surface area contributed by atoms with Crippen molar-refractivity contribution in [1.82, 2.24) is 5.32 Å². The van der Waals surface area contributed by atoms with Gasteiger partial charge in [0.2, 0.25) is 5.91 Å². The molecule has 2 N–H and O–H groups in total. The Labute approximate surface area is 149 Å². The summed E-state index contributed by atoms with van der Waals surface area (Å²) in [5, 5.41) is 12.7. The number of rotatable bonds is 5. The van der Waals surface area contributed by atoms with Crippen molar-refractivity contribution in [2.45, 2.75) is 58.4 Å². The van der Waals surface area contributed by atoms with Crippen LogP contribution in [0.3, 0.4) is 0 Å². The lowest BCUT2D eigenvalue weighted by atomic mass is 9.71. The molecule has 1 aliphatic rings. The van der Waals surface area contributed by atoms with Crippen LogP contribution in [0.15, 0.2) is 18.2 Å². The average molecular weight is 347 g/mol. The quantitative estimate of drug-likeness (QED) is 0.855. The van der Waals surface area contributed by atoms with Crippen LogP contribution in [0.1, 0.15) is 57.1 Å². The van der Waals surface area contributed by atoms with E-state index in [1.54, 1.807) is 7.11 Å². The molecule has 25 heavy (non-hydrogen) atoms. The Bertz CT molecular complexity index is 657. The van der Waals surface area contributed by atoms with E-state index in [9.17, 15) is 14.7 Å². The molecule has 0 saturated heterocycles. The van der Waals surface area contributed by atoms with Crippen molar-refractivity contribution >= 4 is 11.9 Å².